The Balaban J connectivity index is 0.000000318. The van der Waals surface area contributed by atoms with Crippen molar-refractivity contribution < 1.29 is 9.59 Å². The van der Waals surface area contributed by atoms with Crippen LogP contribution in [0, 0.1) is 22.7 Å². The van der Waals surface area contributed by atoms with Gasteiger partial charge >= 0.3 is 0 Å². The van der Waals surface area contributed by atoms with Crippen molar-refractivity contribution in [2.75, 3.05) is 19.6 Å². The van der Waals surface area contributed by atoms with Crippen LogP contribution in [0.4, 0.5) is 0 Å². The van der Waals surface area contributed by atoms with E-state index in [1.54, 1.807) is 50.8 Å². The molecule has 1 N–H and O–H groups in total. The van der Waals surface area contributed by atoms with Gasteiger partial charge in [0.05, 0.1) is 23.3 Å². The average molecular weight is 816 g/mol. The summed E-state index contributed by atoms with van der Waals surface area (Å²) >= 11 is 4.82. The third kappa shape index (κ3) is 16.9. The van der Waals surface area contributed by atoms with Crippen LogP contribution in [0.25, 0.3) is 22.8 Å². The Morgan fingerprint density at radius 2 is 1.19 bits per heavy atom. The molecule has 0 aliphatic rings. The van der Waals surface area contributed by atoms with Crippen LogP contribution in [0.3, 0.4) is 0 Å². The fraction of sp³-hybridized carbons (Fsp3) is 0.333. The molecule has 13 nitrogen and oxygen atoms in total. The second-order valence-corrected chi connectivity index (χ2v) is 13.0. The highest BCUT2D eigenvalue weighted by Crippen LogP contribution is 2.17. The van der Waals surface area contributed by atoms with Gasteiger partial charge in [-0.3, -0.25) is 24.7 Å². The minimum Gasteiger partial charge on any atom is -0.304 e. The van der Waals surface area contributed by atoms with Gasteiger partial charge in [0.25, 0.3) is 0 Å². The SMILES string of the molecule is C.CCC(=O)Cl.CCC(=O)n1nc(-c2cccnc2)nc1CCc1ccc(C#N)cc1.CCN(CC)CC.N#Cc1ccc(CCc2nc(-c3cccnc3)n[nH]2)cc1. The number of hydrogen-bond acceptors (Lipinski definition) is 11. The van der Waals surface area contributed by atoms with Gasteiger partial charge in [0.2, 0.25) is 11.1 Å². The van der Waals surface area contributed by atoms with E-state index in [-0.39, 0.29) is 18.6 Å². The lowest BCUT2D eigenvalue weighted by molar-refractivity contribution is -0.111. The monoisotopic (exact) mass is 815 g/mol. The molecule has 0 bridgehead atoms. The van der Waals surface area contributed by atoms with Crippen molar-refractivity contribution >= 4 is 22.8 Å². The zero-order valence-corrected chi connectivity index (χ0v) is 34.5. The molecule has 14 heteroatoms. The van der Waals surface area contributed by atoms with E-state index >= 15 is 0 Å². The summed E-state index contributed by atoms with van der Waals surface area (Å²) in [6.45, 7) is 13.6. The van der Waals surface area contributed by atoms with Crippen molar-refractivity contribution in [2.24, 2.45) is 0 Å². The fourth-order valence-electron chi connectivity index (χ4n) is 5.19. The quantitative estimate of drug-likeness (QED) is 0.110. The maximum absolute atomic E-state index is 12.2. The number of nitrogens with zero attached hydrogens (tertiary/aromatic N) is 10. The number of nitrogens with one attached hydrogen (secondary N) is 1. The van der Waals surface area contributed by atoms with E-state index < -0.39 is 0 Å². The van der Waals surface area contributed by atoms with Gasteiger partial charge in [-0.05, 0) is 104 Å². The molecule has 0 aliphatic heterocycles. The van der Waals surface area contributed by atoms with Crippen molar-refractivity contribution in [3.05, 3.63) is 131 Å². The highest BCUT2D eigenvalue weighted by molar-refractivity contribution is 6.63. The lowest BCUT2D eigenvalue weighted by Gasteiger charge is -2.13. The number of H-pyrrole nitrogens is 1. The first-order valence-corrected chi connectivity index (χ1v) is 19.7. The van der Waals surface area contributed by atoms with Gasteiger partial charge in [-0.2, -0.15) is 20.3 Å². The molecule has 0 unspecified atom stereocenters. The maximum Gasteiger partial charge on any atom is 0.248 e. The molecule has 4 heterocycles. The van der Waals surface area contributed by atoms with Crippen molar-refractivity contribution in [3.63, 3.8) is 0 Å². The zero-order chi connectivity index (χ0) is 42.1. The first kappa shape index (κ1) is 48.7. The molecule has 6 rings (SSSR count). The Labute approximate surface area is 353 Å². The predicted octanol–water partition coefficient (Wildman–Crippen LogP) is 8.72. The van der Waals surface area contributed by atoms with Gasteiger partial charge in [0, 0.05) is 61.6 Å². The van der Waals surface area contributed by atoms with Crippen molar-refractivity contribution in [2.45, 2.75) is 80.6 Å². The Hall–Kier alpha value is -6.41. The number of carbonyl (C=O) groups excluding carboxylic acids is 2. The average Bonchev–Trinajstić information content (AvgIpc) is 3.95. The summed E-state index contributed by atoms with van der Waals surface area (Å²) in [5.74, 6) is 2.56. The number of aromatic nitrogens is 8. The summed E-state index contributed by atoms with van der Waals surface area (Å²) in [5, 5.41) is 28.9. The largest absolute Gasteiger partial charge is 0.304 e. The molecular weight excluding hydrogens is 762 g/mol. The topological polar surface area (TPSA) is 183 Å². The van der Waals surface area contributed by atoms with Crippen LogP contribution in [0.15, 0.2) is 97.6 Å². The Morgan fingerprint density at radius 1 is 0.695 bits per heavy atom. The van der Waals surface area contributed by atoms with Crippen LogP contribution in [0.2, 0.25) is 0 Å². The van der Waals surface area contributed by atoms with Crippen LogP contribution in [-0.4, -0.2) is 75.6 Å². The van der Waals surface area contributed by atoms with E-state index in [2.05, 4.69) is 73.0 Å². The van der Waals surface area contributed by atoms with Crippen molar-refractivity contribution in [1.82, 2.24) is 44.8 Å². The minimum atomic E-state index is -0.273. The molecule has 6 aromatic rings. The van der Waals surface area contributed by atoms with E-state index in [1.165, 1.54) is 29.9 Å². The van der Waals surface area contributed by atoms with E-state index in [0.717, 1.165) is 35.4 Å². The van der Waals surface area contributed by atoms with Crippen LogP contribution in [0.5, 0.6) is 0 Å². The number of nitriles is 2. The molecule has 0 radical (unpaired) electrons. The lowest BCUT2D eigenvalue weighted by atomic mass is 10.1. The van der Waals surface area contributed by atoms with Crippen molar-refractivity contribution in [1.29, 1.82) is 10.5 Å². The summed E-state index contributed by atoms with van der Waals surface area (Å²) in [4.78, 5) is 41.3. The maximum atomic E-state index is 12.2. The molecule has 0 spiro atoms. The van der Waals surface area contributed by atoms with E-state index in [1.807, 2.05) is 60.7 Å². The number of pyridine rings is 2. The highest BCUT2D eigenvalue weighted by Gasteiger charge is 2.16. The van der Waals surface area contributed by atoms with Gasteiger partial charge in [-0.1, -0.05) is 66.3 Å². The highest BCUT2D eigenvalue weighted by atomic mass is 35.5. The number of aryl methyl sites for hydroxylation is 4. The third-order valence-corrected chi connectivity index (χ3v) is 8.92. The molecular formula is C45H54ClN11O2. The van der Waals surface area contributed by atoms with Crippen LogP contribution < -0.4 is 0 Å². The number of hydrogen-bond donors (Lipinski definition) is 1. The second-order valence-electron chi connectivity index (χ2n) is 12.5. The summed E-state index contributed by atoms with van der Waals surface area (Å²) < 4.78 is 1.39. The molecule has 4 aromatic heterocycles. The van der Waals surface area contributed by atoms with E-state index in [4.69, 9.17) is 22.1 Å². The number of benzene rings is 2. The van der Waals surface area contributed by atoms with Gasteiger partial charge in [-0.15, -0.1) is 5.10 Å². The number of aromatic amines is 1. The molecule has 0 fully saturated rings. The number of halogens is 1. The van der Waals surface area contributed by atoms with Crippen LogP contribution in [-0.2, 0) is 30.5 Å². The van der Waals surface area contributed by atoms with Crippen molar-refractivity contribution in [3.8, 4) is 34.9 Å². The summed E-state index contributed by atoms with van der Waals surface area (Å²) in [7, 11) is 0. The molecule has 0 saturated carbocycles. The zero-order valence-electron chi connectivity index (χ0n) is 33.8. The van der Waals surface area contributed by atoms with Gasteiger partial charge < -0.3 is 4.90 Å². The van der Waals surface area contributed by atoms with Gasteiger partial charge in [0.15, 0.2) is 11.6 Å². The second kappa shape index (κ2) is 27.3. The van der Waals surface area contributed by atoms with E-state index in [0.29, 0.717) is 54.3 Å². The summed E-state index contributed by atoms with van der Waals surface area (Å²) in [6, 6.07) is 26.7. The van der Waals surface area contributed by atoms with Crippen LogP contribution in [0.1, 0.15) is 93.6 Å². The fourth-order valence-corrected chi connectivity index (χ4v) is 5.19. The molecule has 0 saturated heterocycles. The number of carbonyl (C=O) groups is 2. The van der Waals surface area contributed by atoms with Crippen LogP contribution >= 0.6 is 11.6 Å². The molecule has 2 aromatic carbocycles. The standard InChI is InChI=1S/C19H17N5O.C16H13N5.C6H15N.C3H5ClO.CH4/c1-2-18(25)24-17(10-9-14-5-7-15(12-20)8-6-14)22-19(23-24)16-4-3-11-21-13-16;17-10-13-5-3-12(4-6-13)7-8-15-19-16(21-20-15)14-2-1-9-18-11-14;1-4-7(5-2)6-3;1-2-3(4)5;/h3-8,11,13H,2,9-10H2,1H3;1-6,9,11H,7-8H2,(H,19,20,21);4-6H2,1-3H3;2H2,1H3;1H4. The van der Waals surface area contributed by atoms with Gasteiger partial charge in [-0.25, -0.2) is 9.97 Å². The Bertz CT molecular complexity index is 2180. The first-order valence-electron chi connectivity index (χ1n) is 19.3. The molecule has 308 valence electrons. The summed E-state index contributed by atoms with van der Waals surface area (Å²) in [5.41, 5.74) is 5.25. The van der Waals surface area contributed by atoms with E-state index in [9.17, 15) is 9.59 Å². The molecule has 0 aliphatic carbocycles. The molecule has 59 heavy (non-hydrogen) atoms. The Kier molecular flexibility index (Phi) is 22.5. The molecule has 0 amide bonds. The number of rotatable bonds is 13. The lowest BCUT2D eigenvalue weighted by Crippen LogP contribution is -2.21. The normalized spacial score (nSPS) is 9.92. The molecule has 0 atom stereocenters. The third-order valence-electron chi connectivity index (χ3n) is 8.66. The predicted molar refractivity (Wildman–Crippen MR) is 232 cm³/mol. The van der Waals surface area contributed by atoms with Gasteiger partial charge in [0.1, 0.15) is 11.6 Å². The minimum absolute atomic E-state index is 0. The summed E-state index contributed by atoms with van der Waals surface area (Å²) in [6.07, 6.45) is 10.6. The smallest absolute Gasteiger partial charge is 0.248 e. The first-order chi connectivity index (χ1) is 28.2. The Morgan fingerprint density at radius 3 is 1.59 bits per heavy atom.